The van der Waals surface area contributed by atoms with Crippen LogP contribution >= 0.6 is 11.6 Å². The lowest BCUT2D eigenvalue weighted by atomic mass is 9.92. The van der Waals surface area contributed by atoms with E-state index in [2.05, 4.69) is 16.5 Å². The van der Waals surface area contributed by atoms with Crippen LogP contribution in [-0.2, 0) is 11.3 Å². The van der Waals surface area contributed by atoms with Crippen LogP contribution in [0.15, 0.2) is 12.1 Å². The van der Waals surface area contributed by atoms with Gasteiger partial charge in [0.05, 0.1) is 17.6 Å². The van der Waals surface area contributed by atoms with Gasteiger partial charge in [0.1, 0.15) is 5.82 Å². The summed E-state index contributed by atoms with van der Waals surface area (Å²) in [5.74, 6) is 1.08. The number of hydrogen-bond donors (Lipinski definition) is 0. The number of rotatable bonds is 3. The Hall–Kier alpha value is -1.06. The molecule has 0 bridgehead atoms. The van der Waals surface area contributed by atoms with Gasteiger partial charge in [0.25, 0.3) is 0 Å². The van der Waals surface area contributed by atoms with Crippen molar-refractivity contribution in [2.45, 2.75) is 38.8 Å². The van der Waals surface area contributed by atoms with Crippen LogP contribution in [0.5, 0.6) is 0 Å². The van der Waals surface area contributed by atoms with Gasteiger partial charge in [-0.3, -0.25) is 0 Å². The van der Waals surface area contributed by atoms with Crippen molar-refractivity contribution in [3.8, 4) is 0 Å². The Morgan fingerprint density at radius 2 is 2.22 bits per heavy atom. The lowest BCUT2D eigenvalue weighted by Gasteiger charge is -2.29. The van der Waals surface area contributed by atoms with Crippen LogP contribution in [0.3, 0.4) is 0 Å². The summed E-state index contributed by atoms with van der Waals surface area (Å²) >= 11 is 6.31. The van der Waals surface area contributed by atoms with Crippen molar-refractivity contribution in [1.29, 1.82) is 0 Å². The molecule has 1 aromatic heterocycles. The van der Waals surface area contributed by atoms with Crippen molar-refractivity contribution in [2.75, 3.05) is 7.11 Å². The fraction of sp³-hybridized carbons (Fsp3) is 0.500. The average molecular weight is 265 g/mol. The van der Waals surface area contributed by atoms with Gasteiger partial charge in [0.15, 0.2) is 0 Å². The molecule has 0 saturated heterocycles. The van der Waals surface area contributed by atoms with Gasteiger partial charge >= 0.3 is 0 Å². The number of halogens is 1. The van der Waals surface area contributed by atoms with Crippen LogP contribution in [0.4, 0.5) is 0 Å². The first-order valence-electron chi connectivity index (χ1n) is 6.37. The Labute approximate surface area is 112 Å². The maximum absolute atomic E-state index is 6.31. The number of ether oxygens (including phenoxy) is 1. The molecule has 3 rings (SSSR count). The van der Waals surface area contributed by atoms with Crippen molar-refractivity contribution in [1.82, 2.24) is 9.55 Å². The minimum Gasteiger partial charge on any atom is -0.380 e. The maximum atomic E-state index is 6.31. The van der Waals surface area contributed by atoms with E-state index in [1.165, 1.54) is 19.3 Å². The summed E-state index contributed by atoms with van der Waals surface area (Å²) in [4.78, 5) is 4.65. The number of fused-ring (bicyclic) bond motifs is 1. The van der Waals surface area contributed by atoms with Crippen LogP contribution in [0.25, 0.3) is 11.0 Å². The Morgan fingerprint density at radius 3 is 2.83 bits per heavy atom. The Morgan fingerprint density at radius 1 is 1.44 bits per heavy atom. The first kappa shape index (κ1) is 12.0. The minimum atomic E-state index is 0.536. The molecule has 4 heteroatoms. The third kappa shape index (κ3) is 1.73. The molecule has 1 heterocycles. The van der Waals surface area contributed by atoms with E-state index in [1.54, 1.807) is 7.11 Å². The minimum absolute atomic E-state index is 0.536. The first-order valence-corrected chi connectivity index (χ1v) is 6.75. The van der Waals surface area contributed by atoms with Gasteiger partial charge in [0, 0.05) is 23.7 Å². The van der Waals surface area contributed by atoms with Crippen molar-refractivity contribution in [3.05, 3.63) is 28.5 Å². The van der Waals surface area contributed by atoms with Gasteiger partial charge in [-0.15, -0.1) is 0 Å². The molecule has 2 aromatic rings. The molecule has 0 aliphatic heterocycles. The number of nitrogens with zero attached hydrogens (tertiary/aromatic N) is 2. The Kier molecular flexibility index (Phi) is 3.04. The average Bonchev–Trinajstić information content (AvgIpc) is 2.59. The Bertz CT molecular complexity index is 587. The molecule has 1 fully saturated rings. The van der Waals surface area contributed by atoms with Crippen molar-refractivity contribution in [2.24, 2.45) is 0 Å². The van der Waals surface area contributed by atoms with Crippen LogP contribution in [0.2, 0.25) is 5.02 Å². The summed E-state index contributed by atoms with van der Waals surface area (Å²) in [7, 11) is 1.70. The number of imidazole rings is 1. The molecular weight excluding hydrogens is 248 g/mol. The highest BCUT2D eigenvalue weighted by Gasteiger charge is 2.25. The number of benzene rings is 1. The molecule has 1 aliphatic carbocycles. The molecule has 0 amide bonds. The van der Waals surface area contributed by atoms with Crippen LogP contribution in [-0.4, -0.2) is 16.7 Å². The molecule has 0 radical (unpaired) electrons. The highest BCUT2D eigenvalue weighted by Crippen LogP contribution is 2.37. The summed E-state index contributed by atoms with van der Waals surface area (Å²) < 4.78 is 7.63. The number of aryl methyl sites for hydroxylation is 1. The fourth-order valence-corrected chi connectivity index (χ4v) is 2.93. The standard InChI is InChI=1S/C14H17ClN2O/c1-9-16-13-7-6-12(15)11(8-18-2)14(13)17(9)10-4-3-5-10/h6-7,10H,3-5,8H2,1-2H3. The Balaban J connectivity index is 2.26. The fourth-order valence-electron chi connectivity index (χ4n) is 2.72. The molecule has 1 aromatic carbocycles. The number of aromatic nitrogens is 2. The normalized spacial score (nSPS) is 16.2. The van der Waals surface area contributed by atoms with Gasteiger partial charge in [-0.2, -0.15) is 0 Å². The summed E-state index contributed by atoms with van der Waals surface area (Å²) in [5, 5.41) is 0.768. The van der Waals surface area contributed by atoms with Crippen molar-refractivity contribution in [3.63, 3.8) is 0 Å². The predicted molar refractivity (Wildman–Crippen MR) is 73.1 cm³/mol. The van der Waals surface area contributed by atoms with E-state index in [4.69, 9.17) is 16.3 Å². The smallest absolute Gasteiger partial charge is 0.106 e. The molecule has 0 spiro atoms. The SMILES string of the molecule is COCc1c(Cl)ccc2nc(C)n(C3CCC3)c12. The topological polar surface area (TPSA) is 27.1 Å². The van der Waals surface area contributed by atoms with E-state index in [0.29, 0.717) is 12.6 Å². The van der Waals surface area contributed by atoms with Crippen molar-refractivity contribution >= 4 is 22.6 Å². The van der Waals surface area contributed by atoms with E-state index in [0.717, 1.165) is 27.4 Å². The van der Waals surface area contributed by atoms with Gasteiger partial charge in [-0.25, -0.2) is 4.98 Å². The third-order valence-electron chi connectivity index (χ3n) is 3.80. The zero-order valence-electron chi connectivity index (χ0n) is 10.7. The maximum Gasteiger partial charge on any atom is 0.106 e. The lowest BCUT2D eigenvalue weighted by molar-refractivity contribution is 0.185. The highest BCUT2D eigenvalue weighted by molar-refractivity contribution is 6.32. The second-order valence-electron chi connectivity index (χ2n) is 4.94. The third-order valence-corrected chi connectivity index (χ3v) is 4.16. The molecular formula is C14H17ClN2O. The van der Waals surface area contributed by atoms with Gasteiger partial charge in [0.2, 0.25) is 0 Å². The second kappa shape index (κ2) is 4.56. The lowest BCUT2D eigenvalue weighted by Crippen LogP contribution is -2.18. The highest BCUT2D eigenvalue weighted by atomic mass is 35.5. The van der Waals surface area contributed by atoms with Gasteiger partial charge < -0.3 is 9.30 Å². The van der Waals surface area contributed by atoms with E-state index in [9.17, 15) is 0 Å². The van der Waals surface area contributed by atoms with E-state index < -0.39 is 0 Å². The summed E-state index contributed by atoms with van der Waals surface area (Å²) in [6.45, 7) is 2.61. The number of hydrogen-bond acceptors (Lipinski definition) is 2. The van der Waals surface area contributed by atoms with E-state index in [-0.39, 0.29) is 0 Å². The molecule has 0 N–H and O–H groups in total. The second-order valence-corrected chi connectivity index (χ2v) is 5.35. The monoisotopic (exact) mass is 264 g/mol. The number of methoxy groups -OCH3 is 1. The first-order chi connectivity index (χ1) is 8.72. The molecule has 0 atom stereocenters. The van der Waals surface area contributed by atoms with Crippen LogP contribution < -0.4 is 0 Å². The summed E-state index contributed by atoms with van der Waals surface area (Å²) in [6, 6.07) is 4.50. The molecule has 1 saturated carbocycles. The van der Waals surface area contributed by atoms with Gasteiger partial charge in [-0.05, 0) is 38.3 Å². The van der Waals surface area contributed by atoms with Crippen LogP contribution in [0.1, 0.15) is 36.7 Å². The zero-order valence-corrected chi connectivity index (χ0v) is 11.5. The largest absolute Gasteiger partial charge is 0.380 e. The van der Waals surface area contributed by atoms with E-state index in [1.807, 2.05) is 12.1 Å². The zero-order chi connectivity index (χ0) is 12.7. The predicted octanol–water partition coefficient (Wildman–Crippen LogP) is 3.87. The molecule has 1 aliphatic rings. The summed E-state index contributed by atoms with van der Waals surface area (Å²) in [5.41, 5.74) is 3.24. The summed E-state index contributed by atoms with van der Waals surface area (Å²) in [6.07, 6.45) is 3.79. The van der Waals surface area contributed by atoms with E-state index >= 15 is 0 Å². The molecule has 0 unspecified atom stereocenters. The quantitative estimate of drug-likeness (QED) is 0.841. The molecule has 3 nitrogen and oxygen atoms in total. The van der Waals surface area contributed by atoms with Crippen LogP contribution in [0, 0.1) is 6.92 Å². The molecule has 18 heavy (non-hydrogen) atoms. The molecule has 96 valence electrons. The van der Waals surface area contributed by atoms with Crippen molar-refractivity contribution < 1.29 is 4.74 Å². The van der Waals surface area contributed by atoms with Gasteiger partial charge in [-0.1, -0.05) is 11.6 Å².